The van der Waals surface area contributed by atoms with Crippen LogP contribution >= 0.6 is 23.2 Å². The molecule has 37 heavy (non-hydrogen) atoms. The number of furan rings is 1. The van der Waals surface area contributed by atoms with Crippen LogP contribution in [0.2, 0.25) is 10.0 Å². The molecular weight excluding hydrogens is 515 g/mol. The van der Waals surface area contributed by atoms with E-state index in [-0.39, 0.29) is 5.70 Å². The van der Waals surface area contributed by atoms with E-state index in [9.17, 15) is 9.59 Å². The lowest BCUT2D eigenvalue weighted by Gasteiger charge is -2.11. The summed E-state index contributed by atoms with van der Waals surface area (Å²) < 4.78 is 13.0. The van der Waals surface area contributed by atoms with Crippen LogP contribution in [0.5, 0.6) is 5.75 Å². The molecule has 2 heterocycles. The molecule has 2 aromatic carbocycles. The average molecular weight is 539 g/mol. The van der Waals surface area contributed by atoms with Gasteiger partial charge >= 0.3 is 0 Å². The maximum atomic E-state index is 13.0. The minimum atomic E-state index is -0.446. The molecule has 0 aliphatic rings. The molecule has 2 amide bonds. The number of methoxy groups -OCH3 is 1. The topological polar surface area (TPSA) is 98.4 Å². The third-order valence-corrected chi connectivity index (χ3v) is 6.14. The summed E-state index contributed by atoms with van der Waals surface area (Å²) in [5.41, 5.74) is 1.14. The molecule has 0 spiro atoms. The van der Waals surface area contributed by atoms with Crippen molar-refractivity contribution in [1.29, 1.82) is 0 Å². The first-order chi connectivity index (χ1) is 17.9. The summed E-state index contributed by atoms with van der Waals surface area (Å²) in [6.45, 7) is 1.10. The summed E-state index contributed by atoms with van der Waals surface area (Å²) in [6.07, 6.45) is 7.43. The molecule has 0 saturated carbocycles. The minimum Gasteiger partial charge on any atom is -0.497 e. The molecule has 4 aromatic rings. The Bertz CT molecular complexity index is 1400. The number of nitrogens with one attached hydrogen (secondary N) is 2. The van der Waals surface area contributed by atoms with Crippen molar-refractivity contribution in [3.05, 3.63) is 100 Å². The first-order valence-corrected chi connectivity index (χ1v) is 12.1. The highest BCUT2D eigenvalue weighted by atomic mass is 35.5. The Balaban J connectivity index is 1.51. The van der Waals surface area contributed by atoms with E-state index in [4.69, 9.17) is 32.4 Å². The Kier molecular flexibility index (Phi) is 8.66. The number of rotatable bonds is 10. The molecule has 0 aliphatic heterocycles. The highest BCUT2D eigenvalue weighted by molar-refractivity contribution is 6.42. The Labute approximate surface area is 223 Å². The molecular formula is C27H24Cl2N4O4. The fourth-order valence-corrected chi connectivity index (χ4v) is 3.75. The van der Waals surface area contributed by atoms with Crippen LogP contribution in [0, 0.1) is 0 Å². The van der Waals surface area contributed by atoms with Gasteiger partial charge in [0.2, 0.25) is 0 Å². The molecule has 190 valence electrons. The average Bonchev–Trinajstić information content (AvgIpc) is 3.60. The van der Waals surface area contributed by atoms with Gasteiger partial charge in [-0.15, -0.1) is 0 Å². The Morgan fingerprint density at radius 1 is 1.08 bits per heavy atom. The summed E-state index contributed by atoms with van der Waals surface area (Å²) in [7, 11) is 1.54. The molecule has 2 N–H and O–H groups in total. The summed E-state index contributed by atoms with van der Waals surface area (Å²) >= 11 is 12.1. The summed E-state index contributed by atoms with van der Waals surface area (Å²) in [5, 5.41) is 6.37. The van der Waals surface area contributed by atoms with Crippen molar-refractivity contribution in [3.63, 3.8) is 0 Å². The largest absolute Gasteiger partial charge is 0.497 e. The number of imidazole rings is 1. The second-order valence-corrected chi connectivity index (χ2v) is 8.80. The van der Waals surface area contributed by atoms with Crippen molar-refractivity contribution in [2.24, 2.45) is 0 Å². The molecule has 4 rings (SSSR count). The number of hydrogen-bond acceptors (Lipinski definition) is 5. The summed E-state index contributed by atoms with van der Waals surface area (Å²) in [5.74, 6) is 0.637. The number of aromatic nitrogens is 2. The van der Waals surface area contributed by atoms with Crippen molar-refractivity contribution in [1.82, 2.24) is 20.2 Å². The third kappa shape index (κ3) is 7.03. The monoisotopic (exact) mass is 538 g/mol. The Morgan fingerprint density at radius 3 is 2.59 bits per heavy atom. The number of carbonyl (C=O) groups excluding carboxylic acids is 2. The zero-order chi connectivity index (χ0) is 26.2. The number of nitrogens with zero attached hydrogens (tertiary/aromatic N) is 2. The number of halogens is 2. The molecule has 0 bridgehead atoms. The number of amides is 2. The maximum Gasteiger partial charge on any atom is 0.267 e. The molecule has 0 unspecified atom stereocenters. The Morgan fingerprint density at radius 2 is 1.89 bits per heavy atom. The zero-order valence-electron chi connectivity index (χ0n) is 19.9. The van der Waals surface area contributed by atoms with E-state index in [0.717, 1.165) is 5.56 Å². The first kappa shape index (κ1) is 26.1. The second-order valence-electron chi connectivity index (χ2n) is 7.98. The van der Waals surface area contributed by atoms with Crippen LogP contribution in [0.1, 0.15) is 22.5 Å². The lowest BCUT2D eigenvalue weighted by molar-refractivity contribution is -0.117. The lowest BCUT2D eigenvalue weighted by Crippen LogP contribution is -2.35. The molecule has 0 aliphatic carbocycles. The van der Waals surface area contributed by atoms with E-state index >= 15 is 0 Å². The smallest absolute Gasteiger partial charge is 0.267 e. The van der Waals surface area contributed by atoms with Gasteiger partial charge < -0.3 is 24.4 Å². The first-order valence-electron chi connectivity index (χ1n) is 11.4. The number of aryl methyl sites for hydroxylation is 1. The van der Waals surface area contributed by atoms with Crippen LogP contribution in [0.4, 0.5) is 0 Å². The third-order valence-electron chi connectivity index (χ3n) is 5.40. The zero-order valence-corrected chi connectivity index (χ0v) is 21.4. The Hall–Kier alpha value is -4.01. The highest BCUT2D eigenvalue weighted by Crippen LogP contribution is 2.30. The number of benzene rings is 2. The van der Waals surface area contributed by atoms with Gasteiger partial charge in [0, 0.05) is 42.7 Å². The van der Waals surface area contributed by atoms with Crippen LogP contribution in [-0.2, 0) is 11.3 Å². The molecule has 8 nitrogen and oxygen atoms in total. The van der Waals surface area contributed by atoms with E-state index in [1.54, 1.807) is 74.2 Å². The fraction of sp³-hybridized carbons (Fsp3) is 0.148. The summed E-state index contributed by atoms with van der Waals surface area (Å²) in [6, 6.07) is 15.2. The molecule has 10 heteroatoms. The van der Waals surface area contributed by atoms with Gasteiger partial charge in [-0.1, -0.05) is 23.2 Å². The van der Waals surface area contributed by atoms with Gasteiger partial charge in [-0.3, -0.25) is 9.59 Å². The minimum absolute atomic E-state index is 0.0403. The van der Waals surface area contributed by atoms with Crippen LogP contribution in [0.15, 0.2) is 83.4 Å². The standard InChI is InChI=1S/C27H24Cl2N4O4/c1-36-20-6-3-18(4-7-20)26(34)32-24(27(35)31-11-2-13-33-14-12-30-17-33)16-21-8-10-25(37-21)19-5-9-22(28)23(29)15-19/h3-10,12,14-17H,2,11,13H2,1H3,(H,31,35)(H,32,34)/b24-16+. The second kappa shape index (κ2) is 12.3. The summed E-state index contributed by atoms with van der Waals surface area (Å²) in [4.78, 5) is 29.9. The van der Waals surface area contributed by atoms with Crippen LogP contribution in [-0.4, -0.2) is 35.0 Å². The van der Waals surface area contributed by atoms with Crippen molar-refractivity contribution < 1.29 is 18.7 Å². The van der Waals surface area contributed by atoms with Gasteiger partial charge in [-0.2, -0.15) is 0 Å². The van der Waals surface area contributed by atoms with Crippen LogP contribution in [0.3, 0.4) is 0 Å². The molecule has 0 atom stereocenters. The predicted octanol–water partition coefficient (Wildman–Crippen LogP) is 5.44. The fourth-order valence-electron chi connectivity index (χ4n) is 3.45. The van der Waals surface area contributed by atoms with Gasteiger partial charge in [-0.05, 0) is 61.0 Å². The lowest BCUT2D eigenvalue weighted by atomic mass is 10.2. The molecule has 0 saturated heterocycles. The van der Waals surface area contributed by atoms with E-state index in [1.807, 2.05) is 10.8 Å². The number of ether oxygens (including phenoxy) is 1. The van der Waals surface area contributed by atoms with Crippen LogP contribution < -0.4 is 15.4 Å². The molecule has 0 fully saturated rings. The number of hydrogen-bond donors (Lipinski definition) is 2. The van der Waals surface area contributed by atoms with Gasteiger partial charge in [0.05, 0.1) is 23.5 Å². The maximum absolute atomic E-state index is 13.0. The molecule has 2 aromatic heterocycles. The van der Waals surface area contributed by atoms with E-state index in [0.29, 0.717) is 52.4 Å². The van der Waals surface area contributed by atoms with Gasteiger partial charge in [0.25, 0.3) is 11.8 Å². The van der Waals surface area contributed by atoms with Crippen molar-refractivity contribution in [3.8, 4) is 17.1 Å². The van der Waals surface area contributed by atoms with E-state index in [1.165, 1.54) is 6.08 Å². The van der Waals surface area contributed by atoms with Crippen molar-refractivity contribution >= 4 is 41.1 Å². The van der Waals surface area contributed by atoms with Crippen molar-refractivity contribution in [2.45, 2.75) is 13.0 Å². The molecule has 0 radical (unpaired) electrons. The van der Waals surface area contributed by atoms with E-state index < -0.39 is 11.8 Å². The van der Waals surface area contributed by atoms with Crippen LogP contribution in [0.25, 0.3) is 17.4 Å². The van der Waals surface area contributed by atoms with E-state index in [2.05, 4.69) is 15.6 Å². The van der Waals surface area contributed by atoms with Crippen molar-refractivity contribution in [2.75, 3.05) is 13.7 Å². The predicted molar refractivity (Wildman–Crippen MR) is 142 cm³/mol. The van der Waals surface area contributed by atoms with Gasteiger partial charge in [-0.25, -0.2) is 4.98 Å². The van der Waals surface area contributed by atoms with Gasteiger partial charge in [0.1, 0.15) is 23.0 Å². The SMILES string of the molecule is COc1ccc(C(=O)N/C(=C/c2ccc(-c3ccc(Cl)c(Cl)c3)o2)C(=O)NCCCn2ccnc2)cc1. The quantitative estimate of drug-likeness (QED) is 0.207. The highest BCUT2D eigenvalue weighted by Gasteiger charge is 2.16. The van der Waals surface area contributed by atoms with Gasteiger partial charge in [0.15, 0.2) is 0 Å². The number of carbonyl (C=O) groups is 2. The normalized spacial score (nSPS) is 11.3.